The van der Waals surface area contributed by atoms with Crippen LogP contribution in [0.4, 0.5) is 5.82 Å². The van der Waals surface area contributed by atoms with Gasteiger partial charge in [-0.25, -0.2) is 9.78 Å². The Labute approximate surface area is 170 Å². The lowest BCUT2D eigenvalue weighted by atomic mass is 10.0. The Morgan fingerprint density at radius 3 is 2.62 bits per heavy atom. The second kappa shape index (κ2) is 9.84. The number of rotatable bonds is 7. The molecule has 0 bridgehead atoms. The SMILES string of the molecule is CCOC(=O)C=Cc1cc(CN2CCN(c3ccccn3)CC2)cc(C(N)=O)c1. The lowest BCUT2D eigenvalue weighted by Crippen LogP contribution is -2.46. The summed E-state index contributed by atoms with van der Waals surface area (Å²) in [5.41, 5.74) is 7.65. The number of ether oxygens (including phenoxy) is 1. The van der Waals surface area contributed by atoms with E-state index in [0.717, 1.165) is 43.1 Å². The quantitative estimate of drug-likeness (QED) is 0.571. The molecule has 1 aromatic carbocycles. The third-order valence-corrected chi connectivity index (χ3v) is 4.75. The van der Waals surface area contributed by atoms with Gasteiger partial charge in [-0.15, -0.1) is 0 Å². The van der Waals surface area contributed by atoms with Crippen molar-refractivity contribution in [1.29, 1.82) is 0 Å². The second-order valence-corrected chi connectivity index (χ2v) is 6.86. The summed E-state index contributed by atoms with van der Waals surface area (Å²) in [5.74, 6) is 0.0936. The maximum atomic E-state index is 11.7. The lowest BCUT2D eigenvalue weighted by molar-refractivity contribution is -0.137. The van der Waals surface area contributed by atoms with Crippen LogP contribution in [0.2, 0.25) is 0 Å². The number of anilines is 1. The van der Waals surface area contributed by atoms with Gasteiger partial charge in [-0.05, 0) is 48.4 Å². The Kier molecular flexibility index (Phi) is 6.97. The first-order chi connectivity index (χ1) is 14.0. The number of amides is 1. The second-order valence-electron chi connectivity index (χ2n) is 6.86. The highest BCUT2D eigenvalue weighted by Crippen LogP contribution is 2.17. The highest BCUT2D eigenvalue weighted by atomic mass is 16.5. The fourth-order valence-electron chi connectivity index (χ4n) is 3.34. The van der Waals surface area contributed by atoms with E-state index in [1.807, 2.05) is 36.5 Å². The molecule has 1 saturated heterocycles. The Morgan fingerprint density at radius 1 is 1.17 bits per heavy atom. The van der Waals surface area contributed by atoms with Crippen LogP contribution in [0.1, 0.15) is 28.4 Å². The predicted octanol–water partition coefficient (Wildman–Crippen LogP) is 2.08. The number of nitrogens with two attached hydrogens (primary N) is 1. The molecular formula is C22H26N4O3. The Bertz CT molecular complexity index is 875. The van der Waals surface area contributed by atoms with Crippen LogP contribution in [0.5, 0.6) is 0 Å². The summed E-state index contributed by atoms with van der Waals surface area (Å²) in [6.07, 6.45) is 4.81. The summed E-state index contributed by atoms with van der Waals surface area (Å²) in [7, 11) is 0. The third-order valence-electron chi connectivity index (χ3n) is 4.75. The normalized spacial score (nSPS) is 14.9. The number of carbonyl (C=O) groups is 2. The van der Waals surface area contributed by atoms with Crippen LogP contribution in [0, 0.1) is 0 Å². The number of primary amides is 1. The number of hydrogen-bond donors (Lipinski definition) is 1. The van der Waals surface area contributed by atoms with E-state index in [1.165, 1.54) is 6.08 Å². The number of hydrogen-bond acceptors (Lipinski definition) is 6. The minimum absolute atomic E-state index is 0.320. The van der Waals surface area contributed by atoms with Crippen LogP contribution in [0.15, 0.2) is 48.7 Å². The molecule has 0 saturated carbocycles. The first kappa shape index (κ1) is 20.5. The molecule has 0 atom stereocenters. The van der Waals surface area contributed by atoms with Gasteiger partial charge < -0.3 is 15.4 Å². The van der Waals surface area contributed by atoms with Gasteiger partial charge in [0.25, 0.3) is 0 Å². The Balaban J connectivity index is 1.67. The van der Waals surface area contributed by atoms with Gasteiger partial charge in [0, 0.05) is 50.6 Å². The maximum Gasteiger partial charge on any atom is 0.330 e. The van der Waals surface area contributed by atoms with Crippen LogP contribution < -0.4 is 10.6 Å². The summed E-state index contributed by atoms with van der Waals surface area (Å²) < 4.78 is 4.90. The number of piperazine rings is 1. The molecule has 2 N–H and O–H groups in total. The third kappa shape index (κ3) is 5.89. The molecule has 29 heavy (non-hydrogen) atoms. The summed E-state index contributed by atoms with van der Waals surface area (Å²) in [6.45, 7) is 6.35. The largest absolute Gasteiger partial charge is 0.463 e. The van der Waals surface area contributed by atoms with Gasteiger partial charge in [-0.3, -0.25) is 9.69 Å². The van der Waals surface area contributed by atoms with Crippen LogP contribution in [0.3, 0.4) is 0 Å². The Morgan fingerprint density at radius 2 is 1.97 bits per heavy atom. The average Bonchev–Trinajstić information content (AvgIpc) is 2.73. The zero-order chi connectivity index (χ0) is 20.6. The first-order valence-electron chi connectivity index (χ1n) is 9.72. The molecule has 1 aliphatic rings. The minimum Gasteiger partial charge on any atom is -0.463 e. The molecule has 1 aliphatic heterocycles. The molecule has 0 spiro atoms. The summed E-state index contributed by atoms with van der Waals surface area (Å²) in [6, 6.07) is 11.4. The standard InChI is InChI=1S/C22H26N4O3/c1-2-29-21(27)7-6-17-13-18(15-19(14-17)22(23)28)16-25-9-11-26(12-10-25)20-5-3-4-8-24-20/h3-8,13-15H,2,9-12,16H2,1H3,(H2,23,28). The first-order valence-corrected chi connectivity index (χ1v) is 9.72. The smallest absolute Gasteiger partial charge is 0.330 e. The molecular weight excluding hydrogens is 368 g/mol. The van der Waals surface area contributed by atoms with Crippen LogP contribution in [-0.4, -0.2) is 54.5 Å². The Hall–Kier alpha value is -3.19. The van der Waals surface area contributed by atoms with E-state index in [2.05, 4.69) is 14.8 Å². The van der Waals surface area contributed by atoms with Crippen molar-refractivity contribution in [3.63, 3.8) is 0 Å². The fourth-order valence-corrected chi connectivity index (χ4v) is 3.34. The van der Waals surface area contributed by atoms with E-state index in [0.29, 0.717) is 18.7 Å². The molecule has 0 radical (unpaired) electrons. The van der Waals surface area contributed by atoms with Gasteiger partial charge in [0.05, 0.1) is 6.61 Å². The molecule has 152 valence electrons. The van der Waals surface area contributed by atoms with E-state index < -0.39 is 11.9 Å². The summed E-state index contributed by atoms with van der Waals surface area (Å²) in [4.78, 5) is 32.3. The fraction of sp³-hybridized carbons (Fsp3) is 0.318. The number of carbonyl (C=O) groups excluding carboxylic acids is 2. The minimum atomic E-state index is -0.488. The van der Waals surface area contributed by atoms with E-state index >= 15 is 0 Å². The highest BCUT2D eigenvalue weighted by Gasteiger charge is 2.18. The molecule has 0 unspecified atom stereocenters. The highest BCUT2D eigenvalue weighted by molar-refractivity contribution is 5.94. The van der Waals surface area contributed by atoms with Gasteiger partial charge in [-0.1, -0.05) is 12.1 Å². The molecule has 1 aromatic heterocycles. The molecule has 3 rings (SSSR count). The zero-order valence-corrected chi connectivity index (χ0v) is 16.6. The van der Waals surface area contributed by atoms with Crippen molar-refractivity contribution in [2.75, 3.05) is 37.7 Å². The number of pyridine rings is 1. The van der Waals surface area contributed by atoms with Crippen LogP contribution in [-0.2, 0) is 16.1 Å². The van der Waals surface area contributed by atoms with Crippen molar-refractivity contribution in [2.24, 2.45) is 5.73 Å². The molecule has 2 aromatic rings. The zero-order valence-electron chi connectivity index (χ0n) is 16.6. The molecule has 0 aliphatic carbocycles. The molecule has 7 heteroatoms. The van der Waals surface area contributed by atoms with Gasteiger partial charge in [-0.2, -0.15) is 0 Å². The van der Waals surface area contributed by atoms with E-state index in [4.69, 9.17) is 10.5 Å². The molecule has 7 nitrogen and oxygen atoms in total. The number of benzene rings is 1. The molecule has 1 fully saturated rings. The van der Waals surface area contributed by atoms with Crippen molar-refractivity contribution >= 4 is 23.8 Å². The van der Waals surface area contributed by atoms with Gasteiger partial charge in [0.2, 0.25) is 5.91 Å². The topological polar surface area (TPSA) is 88.8 Å². The number of aromatic nitrogens is 1. The van der Waals surface area contributed by atoms with Crippen molar-refractivity contribution in [1.82, 2.24) is 9.88 Å². The van der Waals surface area contributed by atoms with Crippen LogP contribution in [0.25, 0.3) is 6.08 Å². The van der Waals surface area contributed by atoms with E-state index in [-0.39, 0.29) is 0 Å². The monoisotopic (exact) mass is 394 g/mol. The molecule has 2 heterocycles. The van der Waals surface area contributed by atoms with Gasteiger partial charge in [0.15, 0.2) is 0 Å². The molecule has 1 amide bonds. The van der Waals surface area contributed by atoms with Crippen molar-refractivity contribution in [3.05, 3.63) is 65.4 Å². The summed E-state index contributed by atoms with van der Waals surface area (Å²) in [5, 5.41) is 0. The van der Waals surface area contributed by atoms with E-state index in [1.54, 1.807) is 19.1 Å². The van der Waals surface area contributed by atoms with Crippen molar-refractivity contribution in [3.8, 4) is 0 Å². The lowest BCUT2D eigenvalue weighted by Gasteiger charge is -2.35. The number of esters is 1. The van der Waals surface area contributed by atoms with Gasteiger partial charge in [0.1, 0.15) is 5.82 Å². The maximum absolute atomic E-state index is 11.7. The predicted molar refractivity (Wildman–Crippen MR) is 112 cm³/mol. The van der Waals surface area contributed by atoms with E-state index in [9.17, 15) is 9.59 Å². The summed E-state index contributed by atoms with van der Waals surface area (Å²) >= 11 is 0. The van der Waals surface area contributed by atoms with Crippen molar-refractivity contribution in [2.45, 2.75) is 13.5 Å². The van der Waals surface area contributed by atoms with Crippen molar-refractivity contribution < 1.29 is 14.3 Å². The average molecular weight is 394 g/mol. The van der Waals surface area contributed by atoms with Gasteiger partial charge >= 0.3 is 5.97 Å². The number of nitrogens with zero attached hydrogens (tertiary/aromatic N) is 3. The van der Waals surface area contributed by atoms with Crippen LogP contribution >= 0.6 is 0 Å².